The molecule has 0 aromatic rings. The van der Waals surface area contributed by atoms with Crippen LogP contribution in [0.1, 0.15) is 59.3 Å². The minimum absolute atomic E-state index is 0.512. The molecule has 0 aromatic carbocycles. The van der Waals surface area contributed by atoms with Crippen LogP contribution in [-0.2, 0) is 0 Å². The highest BCUT2D eigenvalue weighted by Crippen LogP contribution is 2.38. The van der Waals surface area contributed by atoms with Crippen LogP contribution in [0.25, 0.3) is 0 Å². The lowest BCUT2D eigenvalue weighted by atomic mass is 9.76. The van der Waals surface area contributed by atoms with Gasteiger partial charge in [0.2, 0.25) is 0 Å². The molecule has 0 radical (unpaired) electrons. The number of rotatable bonds is 2. The van der Waals surface area contributed by atoms with E-state index in [2.05, 4.69) is 20.8 Å². The molecule has 1 aliphatic carbocycles. The number of nitrogens with two attached hydrogens (primary N) is 1. The van der Waals surface area contributed by atoms with Gasteiger partial charge in [0.1, 0.15) is 0 Å². The second kappa shape index (κ2) is 5.16. The maximum Gasteiger partial charge on any atom is -0.00746 e. The van der Waals surface area contributed by atoms with Crippen LogP contribution in [0.15, 0.2) is 0 Å². The minimum Gasteiger partial charge on any atom is -0.330 e. The highest BCUT2D eigenvalue weighted by Gasteiger charge is 2.27. The summed E-state index contributed by atoms with van der Waals surface area (Å²) in [5.74, 6) is 1.86. The molecule has 2 N–H and O–H groups in total. The Hall–Kier alpha value is -0.0400. The maximum atomic E-state index is 5.63. The molecular formula is C13H27N. The van der Waals surface area contributed by atoms with Gasteiger partial charge in [-0.3, -0.25) is 0 Å². The van der Waals surface area contributed by atoms with Gasteiger partial charge in [-0.15, -0.1) is 0 Å². The highest BCUT2D eigenvalue weighted by atomic mass is 14.5. The Morgan fingerprint density at radius 1 is 1.07 bits per heavy atom. The molecule has 1 saturated carbocycles. The van der Waals surface area contributed by atoms with E-state index < -0.39 is 0 Å². The third kappa shape index (κ3) is 3.61. The number of hydrogen-bond donors (Lipinski definition) is 1. The molecule has 84 valence electrons. The van der Waals surface area contributed by atoms with Crippen LogP contribution in [0.5, 0.6) is 0 Å². The molecule has 0 bridgehead atoms. The molecule has 0 aliphatic heterocycles. The molecule has 0 heterocycles. The van der Waals surface area contributed by atoms with Gasteiger partial charge >= 0.3 is 0 Å². The lowest BCUT2D eigenvalue weighted by Crippen LogP contribution is -2.19. The smallest absolute Gasteiger partial charge is 0.00746 e. The van der Waals surface area contributed by atoms with E-state index >= 15 is 0 Å². The molecular weight excluding hydrogens is 170 g/mol. The van der Waals surface area contributed by atoms with Crippen molar-refractivity contribution in [2.45, 2.75) is 59.3 Å². The van der Waals surface area contributed by atoms with E-state index in [1.165, 1.54) is 38.5 Å². The van der Waals surface area contributed by atoms with Gasteiger partial charge in [0.25, 0.3) is 0 Å². The Morgan fingerprint density at radius 3 is 2.36 bits per heavy atom. The van der Waals surface area contributed by atoms with Crippen LogP contribution in [0.2, 0.25) is 0 Å². The SMILES string of the molecule is CC(C)(C)C1CCCC(CCN)CC1. The molecule has 1 nitrogen and oxygen atoms in total. The van der Waals surface area contributed by atoms with Gasteiger partial charge < -0.3 is 5.73 Å². The Bertz CT molecular complexity index is 157. The monoisotopic (exact) mass is 197 g/mol. The van der Waals surface area contributed by atoms with Gasteiger partial charge in [0.15, 0.2) is 0 Å². The van der Waals surface area contributed by atoms with Gasteiger partial charge in [-0.25, -0.2) is 0 Å². The molecule has 2 unspecified atom stereocenters. The van der Waals surface area contributed by atoms with Crippen molar-refractivity contribution in [1.82, 2.24) is 0 Å². The summed E-state index contributed by atoms with van der Waals surface area (Å²) in [4.78, 5) is 0. The first-order valence-corrected chi connectivity index (χ1v) is 6.24. The second-order valence-corrected chi connectivity index (χ2v) is 6.01. The molecule has 0 aromatic heterocycles. The highest BCUT2D eigenvalue weighted by molar-refractivity contribution is 4.78. The van der Waals surface area contributed by atoms with Gasteiger partial charge in [-0.1, -0.05) is 40.0 Å². The van der Waals surface area contributed by atoms with Crippen LogP contribution in [-0.4, -0.2) is 6.54 Å². The summed E-state index contributed by atoms with van der Waals surface area (Å²) in [5.41, 5.74) is 6.14. The quantitative estimate of drug-likeness (QED) is 0.673. The van der Waals surface area contributed by atoms with E-state index in [-0.39, 0.29) is 0 Å². The predicted octanol–water partition coefficient (Wildman–Crippen LogP) is 3.58. The van der Waals surface area contributed by atoms with E-state index in [9.17, 15) is 0 Å². The van der Waals surface area contributed by atoms with E-state index in [0.29, 0.717) is 5.41 Å². The van der Waals surface area contributed by atoms with Crippen molar-refractivity contribution in [2.24, 2.45) is 23.0 Å². The largest absolute Gasteiger partial charge is 0.330 e. The Morgan fingerprint density at radius 2 is 1.79 bits per heavy atom. The third-order valence-corrected chi connectivity index (χ3v) is 3.89. The molecule has 0 saturated heterocycles. The summed E-state index contributed by atoms with van der Waals surface area (Å²) in [6.07, 6.45) is 8.37. The minimum atomic E-state index is 0.512. The van der Waals surface area contributed by atoms with Crippen LogP contribution in [0, 0.1) is 17.3 Å². The summed E-state index contributed by atoms with van der Waals surface area (Å²) < 4.78 is 0. The molecule has 1 heteroatoms. The van der Waals surface area contributed by atoms with Crippen LogP contribution in [0.4, 0.5) is 0 Å². The molecule has 2 atom stereocenters. The zero-order chi connectivity index (χ0) is 10.6. The summed E-state index contributed by atoms with van der Waals surface area (Å²) in [6, 6.07) is 0. The molecule has 14 heavy (non-hydrogen) atoms. The standard InChI is InChI=1S/C13H27N/c1-13(2,3)12-6-4-5-11(7-8-12)9-10-14/h11-12H,4-10,14H2,1-3H3. The predicted molar refractivity (Wildman–Crippen MR) is 63.2 cm³/mol. The van der Waals surface area contributed by atoms with E-state index in [0.717, 1.165) is 18.4 Å². The van der Waals surface area contributed by atoms with E-state index in [1.54, 1.807) is 0 Å². The maximum absolute atomic E-state index is 5.63. The van der Waals surface area contributed by atoms with Gasteiger partial charge in [-0.2, -0.15) is 0 Å². The zero-order valence-electron chi connectivity index (χ0n) is 10.2. The Labute approximate surface area is 89.5 Å². The molecule has 1 aliphatic rings. The summed E-state index contributed by atoms with van der Waals surface area (Å²) in [5, 5.41) is 0. The Kier molecular flexibility index (Phi) is 4.43. The first-order valence-electron chi connectivity index (χ1n) is 6.24. The van der Waals surface area contributed by atoms with Crippen molar-refractivity contribution in [3.8, 4) is 0 Å². The molecule has 1 fully saturated rings. The van der Waals surface area contributed by atoms with Gasteiger partial charge in [-0.05, 0) is 43.1 Å². The molecule has 0 amide bonds. The lowest BCUT2D eigenvalue weighted by molar-refractivity contribution is 0.212. The van der Waals surface area contributed by atoms with E-state index in [4.69, 9.17) is 5.73 Å². The van der Waals surface area contributed by atoms with Crippen LogP contribution < -0.4 is 5.73 Å². The van der Waals surface area contributed by atoms with Crippen molar-refractivity contribution >= 4 is 0 Å². The average Bonchev–Trinajstić information content (AvgIpc) is 2.29. The zero-order valence-corrected chi connectivity index (χ0v) is 10.2. The number of hydrogen-bond acceptors (Lipinski definition) is 1. The van der Waals surface area contributed by atoms with Gasteiger partial charge in [0.05, 0.1) is 0 Å². The fourth-order valence-electron chi connectivity index (χ4n) is 2.77. The van der Waals surface area contributed by atoms with Crippen molar-refractivity contribution in [3.05, 3.63) is 0 Å². The first kappa shape index (κ1) is 12.0. The van der Waals surface area contributed by atoms with Crippen LogP contribution >= 0.6 is 0 Å². The third-order valence-electron chi connectivity index (χ3n) is 3.89. The fraction of sp³-hybridized carbons (Fsp3) is 1.00. The van der Waals surface area contributed by atoms with Crippen molar-refractivity contribution in [3.63, 3.8) is 0 Å². The normalized spacial score (nSPS) is 30.0. The lowest BCUT2D eigenvalue weighted by Gasteiger charge is -2.29. The second-order valence-electron chi connectivity index (χ2n) is 6.01. The first-order chi connectivity index (χ1) is 6.54. The fourth-order valence-corrected chi connectivity index (χ4v) is 2.77. The van der Waals surface area contributed by atoms with Gasteiger partial charge in [0, 0.05) is 0 Å². The summed E-state index contributed by atoms with van der Waals surface area (Å²) in [7, 11) is 0. The molecule has 1 rings (SSSR count). The van der Waals surface area contributed by atoms with Crippen molar-refractivity contribution in [2.75, 3.05) is 6.54 Å². The topological polar surface area (TPSA) is 26.0 Å². The Balaban J connectivity index is 2.41. The average molecular weight is 197 g/mol. The van der Waals surface area contributed by atoms with Crippen LogP contribution in [0.3, 0.4) is 0 Å². The van der Waals surface area contributed by atoms with E-state index in [1.807, 2.05) is 0 Å². The van der Waals surface area contributed by atoms with Crippen molar-refractivity contribution in [1.29, 1.82) is 0 Å². The molecule has 0 spiro atoms. The van der Waals surface area contributed by atoms with Crippen molar-refractivity contribution < 1.29 is 0 Å². The summed E-state index contributed by atoms with van der Waals surface area (Å²) in [6.45, 7) is 8.05. The summed E-state index contributed by atoms with van der Waals surface area (Å²) >= 11 is 0.